The molecule has 2 saturated heterocycles. The fourth-order valence-electron chi connectivity index (χ4n) is 6.22. The molecule has 2 heterocycles. The predicted octanol–water partition coefficient (Wildman–Crippen LogP) is -6.20. The second kappa shape index (κ2) is 23.5. The molecule has 2 aliphatic rings. The maximum Gasteiger partial charge on any atom is 0.305 e. The number of carbonyl (C=O) groups is 8. The average Bonchev–Trinajstić information content (AvgIpc) is 3.18. The second-order valence-corrected chi connectivity index (χ2v) is 14.2. The minimum atomic E-state index is -1.81. The summed E-state index contributed by atoms with van der Waals surface area (Å²) in [5.41, 5.74) is 11.2. The monoisotopic (exact) mass is 850 g/mol. The number of carbonyl (C=O) groups excluding carboxylic acids is 7. The number of benzene rings is 1. The van der Waals surface area contributed by atoms with Gasteiger partial charge in [-0.1, -0.05) is 12.1 Å². The van der Waals surface area contributed by atoms with Crippen LogP contribution in [0.15, 0.2) is 29.3 Å². The Balaban J connectivity index is 1.84. The van der Waals surface area contributed by atoms with Crippen LogP contribution >= 0.6 is 0 Å². The first-order valence-electron chi connectivity index (χ1n) is 19.1. The molecule has 0 spiro atoms. The SMILES string of the molecule is CC(=O)NC[C@H]1O[C@@H](C(=O)NCCCC[C@@H]2NC(=O)[C@@H](Cc3ccc(O)cc3)NC(=O)[C@H](CC(=O)O)NC(=O)CNC(=O)[C@H](CCCN=C(N)N)NC2=O)[C@H](O)[C@@H](O)[C@@H]1O. The second-order valence-electron chi connectivity index (χ2n) is 14.2. The third-order valence-corrected chi connectivity index (χ3v) is 9.42. The molecular weight excluding hydrogens is 796 g/mol. The van der Waals surface area contributed by atoms with Crippen molar-refractivity contribution in [2.24, 2.45) is 16.5 Å². The third-order valence-electron chi connectivity index (χ3n) is 9.42. The Kier molecular flexibility index (Phi) is 18.9. The summed E-state index contributed by atoms with van der Waals surface area (Å²) in [5.74, 6) is -7.67. The summed E-state index contributed by atoms with van der Waals surface area (Å²) in [5, 5.41) is 67.4. The molecule has 332 valence electrons. The van der Waals surface area contributed by atoms with Gasteiger partial charge in [0, 0.05) is 33.0 Å². The lowest BCUT2D eigenvalue weighted by Gasteiger charge is -2.39. The lowest BCUT2D eigenvalue weighted by Crippen LogP contribution is -2.63. The molecule has 16 N–H and O–H groups in total. The minimum Gasteiger partial charge on any atom is -0.508 e. The van der Waals surface area contributed by atoms with E-state index in [2.05, 4.69) is 42.2 Å². The summed E-state index contributed by atoms with van der Waals surface area (Å²) in [6, 6.07) is -0.235. The number of nitrogens with two attached hydrogens (primary N) is 2. The number of hydrogen-bond donors (Lipinski definition) is 14. The number of phenolic OH excluding ortho intramolecular Hbond substituents is 1. The van der Waals surface area contributed by atoms with Crippen molar-refractivity contribution in [2.45, 2.75) is 107 Å². The molecule has 9 atom stereocenters. The summed E-state index contributed by atoms with van der Waals surface area (Å²) in [6.45, 7) is 0.242. The number of aliphatic hydroxyl groups excluding tert-OH is 3. The van der Waals surface area contributed by atoms with E-state index in [0.29, 0.717) is 5.56 Å². The Morgan fingerprint density at radius 1 is 0.783 bits per heavy atom. The van der Waals surface area contributed by atoms with Gasteiger partial charge in [-0.3, -0.25) is 43.3 Å². The minimum absolute atomic E-state index is 0.0414. The van der Waals surface area contributed by atoms with Gasteiger partial charge in [0.2, 0.25) is 35.4 Å². The number of amides is 7. The lowest BCUT2D eigenvalue weighted by atomic mass is 9.94. The Morgan fingerprint density at radius 3 is 2.02 bits per heavy atom. The van der Waals surface area contributed by atoms with Crippen molar-refractivity contribution < 1.29 is 68.6 Å². The van der Waals surface area contributed by atoms with E-state index in [0.717, 1.165) is 0 Å². The van der Waals surface area contributed by atoms with Crippen LogP contribution in [0.2, 0.25) is 0 Å². The Hall–Kier alpha value is -6.11. The number of rotatable bonds is 16. The van der Waals surface area contributed by atoms with Gasteiger partial charge in [-0.15, -0.1) is 0 Å². The smallest absolute Gasteiger partial charge is 0.305 e. The number of phenols is 1. The molecule has 0 bridgehead atoms. The summed E-state index contributed by atoms with van der Waals surface area (Å²) >= 11 is 0. The molecule has 60 heavy (non-hydrogen) atoms. The van der Waals surface area contributed by atoms with Crippen LogP contribution in [0.1, 0.15) is 51.0 Å². The van der Waals surface area contributed by atoms with Crippen molar-refractivity contribution in [3.8, 4) is 5.75 Å². The fourth-order valence-corrected chi connectivity index (χ4v) is 6.22. The first-order chi connectivity index (χ1) is 28.4. The zero-order chi connectivity index (χ0) is 44.5. The molecule has 0 aliphatic carbocycles. The van der Waals surface area contributed by atoms with Crippen molar-refractivity contribution in [2.75, 3.05) is 26.2 Å². The van der Waals surface area contributed by atoms with Gasteiger partial charge in [0.1, 0.15) is 54.3 Å². The highest BCUT2D eigenvalue weighted by Crippen LogP contribution is 2.21. The topological polar surface area (TPSA) is 396 Å². The average molecular weight is 851 g/mol. The maximum absolute atomic E-state index is 14.0. The van der Waals surface area contributed by atoms with Crippen LogP contribution in [0, 0.1) is 0 Å². The predicted molar refractivity (Wildman–Crippen MR) is 207 cm³/mol. The molecule has 2 aliphatic heterocycles. The van der Waals surface area contributed by atoms with Crippen molar-refractivity contribution in [3.05, 3.63) is 29.8 Å². The zero-order valence-corrected chi connectivity index (χ0v) is 32.8. The highest BCUT2D eigenvalue weighted by molar-refractivity contribution is 5.98. The molecule has 7 amide bonds. The molecule has 24 nitrogen and oxygen atoms in total. The number of aromatic hydroxyl groups is 1. The van der Waals surface area contributed by atoms with Crippen LogP contribution in [-0.4, -0.2) is 160 Å². The number of nitrogens with zero attached hydrogens (tertiary/aromatic N) is 1. The number of hydrogen-bond acceptors (Lipinski definition) is 14. The number of aliphatic imine (C=N–C) groups is 1. The van der Waals surface area contributed by atoms with Gasteiger partial charge < -0.3 is 79.0 Å². The number of carboxylic acid groups (broad SMARTS) is 1. The molecular formula is C36H54N10O14. The van der Waals surface area contributed by atoms with Gasteiger partial charge in [0.05, 0.1) is 13.0 Å². The molecule has 3 rings (SSSR count). The van der Waals surface area contributed by atoms with E-state index in [-0.39, 0.29) is 69.9 Å². The van der Waals surface area contributed by atoms with Gasteiger partial charge in [0.15, 0.2) is 12.1 Å². The van der Waals surface area contributed by atoms with Crippen LogP contribution in [0.4, 0.5) is 0 Å². The van der Waals surface area contributed by atoms with Gasteiger partial charge in [-0.05, 0) is 49.8 Å². The number of aliphatic hydroxyl groups is 3. The number of guanidine groups is 1. The van der Waals surface area contributed by atoms with E-state index in [9.17, 15) is 63.9 Å². The van der Waals surface area contributed by atoms with Crippen LogP contribution in [0.25, 0.3) is 0 Å². The summed E-state index contributed by atoms with van der Waals surface area (Å²) in [4.78, 5) is 107. The summed E-state index contributed by atoms with van der Waals surface area (Å²) in [7, 11) is 0. The highest BCUT2D eigenvalue weighted by atomic mass is 16.5. The maximum atomic E-state index is 14.0. The highest BCUT2D eigenvalue weighted by Gasteiger charge is 2.46. The first kappa shape index (κ1) is 48.3. The van der Waals surface area contributed by atoms with Crippen LogP contribution in [-0.2, 0) is 49.5 Å². The number of carboxylic acids is 1. The van der Waals surface area contributed by atoms with E-state index >= 15 is 0 Å². The van der Waals surface area contributed by atoms with Crippen LogP contribution in [0.5, 0.6) is 5.75 Å². The number of nitrogens with one attached hydrogen (secondary N) is 7. The number of ether oxygens (including phenoxy) is 1. The van der Waals surface area contributed by atoms with Crippen molar-refractivity contribution in [1.82, 2.24) is 37.2 Å². The van der Waals surface area contributed by atoms with Crippen LogP contribution in [0.3, 0.4) is 0 Å². The Morgan fingerprint density at radius 2 is 1.38 bits per heavy atom. The molecule has 2 fully saturated rings. The van der Waals surface area contributed by atoms with E-state index in [1.54, 1.807) is 0 Å². The molecule has 0 saturated carbocycles. The Bertz CT molecular complexity index is 1730. The largest absolute Gasteiger partial charge is 0.508 e. The summed E-state index contributed by atoms with van der Waals surface area (Å²) < 4.78 is 5.49. The molecule has 24 heteroatoms. The zero-order valence-electron chi connectivity index (χ0n) is 32.8. The van der Waals surface area contributed by atoms with Gasteiger partial charge in [-0.25, -0.2) is 0 Å². The first-order valence-corrected chi connectivity index (χ1v) is 19.1. The van der Waals surface area contributed by atoms with E-state index in [1.807, 2.05) is 0 Å². The molecule has 0 radical (unpaired) electrons. The van der Waals surface area contributed by atoms with Gasteiger partial charge in [0.25, 0.3) is 5.91 Å². The molecule has 1 aromatic carbocycles. The van der Waals surface area contributed by atoms with E-state index in [4.69, 9.17) is 16.2 Å². The standard InChI is InChI=1S/C36H54N10O14/c1-17(47)41-15-24-27(52)28(53)29(54)30(60-24)35(59)39-11-3-2-5-21-32(56)44-20(6-4-12-40-36(37)38)31(55)42-16-25(49)43-23(14-26(50)51)34(58)46-22(33(57)45-21)13-18-7-9-19(48)10-8-18/h7-10,20-24,27-30,48,52-54H,2-6,11-16H2,1H3,(H,39,59)(H,41,47)(H,42,55)(H,43,49)(H,44,56)(H,45,57)(H,46,58)(H,50,51)(H4,37,38,40)/t20-,21-,22+,23-,24+,27+,28-,29+,30+/m0/s1. The van der Waals surface area contributed by atoms with Crippen molar-refractivity contribution >= 4 is 53.3 Å². The molecule has 1 aromatic rings. The van der Waals surface area contributed by atoms with Gasteiger partial charge >= 0.3 is 5.97 Å². The molecule has 0 aromatic heterocycles. The normalized spacial score (nSPS) is 26.7. The van der Waals surface area contributed by atoms with Gasteiger partial charge in [-0.2, -0.15) is 0 Å². The van der Waals surface area contributed by atoms with Crippen LogP contribution < -0.4 is 48.7 Å². The Labute approximate surface area is 343 Å². The summed E-state index contributed by atoms with van der Waals surface area (Å²) in [6.07, 6.45) is -8.81. The van der Waals surface area contributed by atoms with Crippen molar-refractivity contribution in [3.63, 3.8) is 0 Å². The molecule has 0 unspecified atom stereocenters. The fraction of sp³-hybridized carbons (Fsp3) is 0.583. The quantitative estimate of drug-likeness (QED) is 0.0418. The number of unbranched alkanes of at least 4 members (excludes halogenated alkanes) is 1. The number of aliphatic carboxylic acids is 1. The van der Waals surface area contributed by atoms with E-state index < -0.39 is 115 Å². The lowest BCUT2D eigenvalue weighted by molar-refractivity contribution is -0.219. The third kappa shape index (κ3) is 15.6. The van der Waals surface area contributed by atoms with Crippen molar-refractivity contribution in [1.29, 1.82) is 0 Å². The van der Waals surface area contributed by atoms with E-state index in [1.165, 1.54) is 31.2 Å².